The van der Waals surface area contributed by atoms with Gasteiger partial charge in [0.2, 0.25) is 0 Å². The third-order valence-electron chi connectivity index (χ3n) is 3.45. The largest absolute Gasteiger partial charge is 0.365 e. The van der Waals surface area contributed by atoms with Crippen LogP contribution in [0.2, 0.25) is 0 Å². The first-order chi connectivity index (χ1) is 6.61. The maximum Gasteiger partial charge on any atom is 0.0388 e. The molecule has 2 heteroatoms. The van der Waals surface area contributed by atoms with Crippen molar-refractivity contribution in [3.05, 3.63) is 23.5 Å². The van der Waals surface area contributed by atoms with Gasteiger partial charge in [0.25, 0.3) is 0 Å². The standard InChI is InChI=1S/C12H20N2/c1-8(2)12-10-5-6-13-11(10)7-9(3)14(12)4/h5-6,8-9,12-13H,7H2,1-4H3/t9-,12+/m0/s1. The summed E-state index contributed by atoms with van der Waals surface area (Å²) in [6.07, 6.45) is 3.23. The minimum Gasteiger partial charge on any atom is -0.365 e. The van der Waals surface area contributed by atoms with Gasteiger partial charge < -0.3 is 4.98 Å². The number of hydrogen-bond acceptors (Lipinski definition) is 1. The summed E-state index contributed by atoms with van der Waals surface area (Å²) in [5.74, 6) is 0.678. The minimum atomic E-state index is 0.583. The smallest absolute Gasteiger partial charge is 0.0388 e. The fraction of sp³-hybridized carbons (Fsp3) is 0.667. The third kappa shape index (κ3) is 1.38. The Labute approximate surface area is 86.3 Å². The van der Waals surface area contributed by atoms with E-state index in [0.29, 0.717) is 18.0 Å². The van der Waals surface area contributed by atoms with Gasteiger partial charge in [-0.15, -0.1) is 0 Å². The molecule has 0 unspecified atom stereocenters. The zero-order valence-electron chi connectivity index (χ0n) is 9.54. The lowest BCUT2D eigenvalue weighted by atomic mass is 9.88. The first-order valence-corrected chi connectivity index (χ1v) is 5.49. The van der Waals surface area contributed by atoms with Gasteiger partial charge in [0.1, 0.15) is 0 Å². The van der Waals surface area contributed by atoms with E-state index in [9.17, 15) is 0 Å². The van der Waals surface area contributed by atoms with Crippen LogP contribution >= 0.6 is 0 Å². The molecule has 1 aromatic rings. The average Bonchev–Trinajstić information content (AvgIpc) is 2.52. The molecule has 0 fully saturated rings. The molecule has 78 valence electrons. The van der Waals surface area contributed by atoms with E-state index in [1.807, 2.05) is 0 Å². The van der Waals surface area contributed by atoms with Crippen LogP contribution in [-0.2, 0) is 6.42 Å². The Kier molecular flexibility index (Phi) is 2.40. The van der Waals surface area contributed by atoms with Gasteiger partial charge in [0, 0.05) is 30.4 Å². The Hall–Kier alpha value is -0.760. The second kappa shape index (κ2) is 3.43. The van der Waals surface area contributed by atoms with Crippen LogP contribution in [0.15, 0.2) is 12.3 Å². The van der Waals surface area contributed by atoms with E-state index in [4.69, 9.17) is 0 Å². The molecule has 0 aromatic carbocycles. The van der Waals surface area contributed by atoms with E-state index in [0.717, 1.165) is 6.42 Å². The number of H-pyrrole nitrogens is 1. The van der Waals surface area contributed by atoms with Crippen molar-refractivity contribution < 1.29 is 0 Å². The molecular weight excluding hydrogens is 172 g/mol. The number of likely N-dealkylation sites (N-methyl/N-ethyl adjacent to an activating group) is 1. The van der Waals surface area contributed by atoms with Gasteiger partial charge >= 0.3 is 0 Å². The first kappa shape index (κ1) is 9.78. The average molecular weight is 192 g/mol. The third-order valence-corrected chi connectivity index (χ3v) is 3.45. The van der Waals surface area contributed by atoms with Crippen LogP contribution in [0, 0.1) is 5.92 Å². The summed E-state index contributed by atoms with van der Waals surface area (Å²) in [6, 6.07) is 3.47. The number of nitrogens with zero attached hydrogens (tertiary/aromatic N) is 1. The van der Waals surface area contributed by atoms with E-state index < -0.39 is 0 Å². The predicted molar refractivity (Wildman–Crippen MR) is 59.3 cm³/mol. The molecule has 2 heterocycles. The Bertz CT molecular complexity index is 314. The minimum absolute atomic E-state index is 0.583. The Morgan fingerprint density at radius 1 is 1.50 bits per heavy atom. The zero-order valence-corrected chi connectivity index (χ0v) is 9.54. The van der Waals surface area contributed by atoms with Gasteiger partial charge in [0.05, 0.1) is 0 Å². The molecule has 1 aromatic heterocycles. The van der Waals surface area contributed by atoms with Crippen molar-refractivity contribution in [1.29, 1.82) is 0 Å². The number of aromatic amines is 1. The lowest BCUT2D eigenvalue weighted by Crippen LogP contribution is -2.41. The van der Waals surface area contributed by atoms with Crippen molar-refractivity contribution in [2.75, 3.05) is 7.05 Å². The number of fused-ring (bicyclic) bond motifs is 1. The fourth-order valence-corrected chi connectivity index (χ4v) is 2.63. The molecule has 1 aliphatic heterocycles. The van der Waals surface area contributed by atoms with Crippen molar-refractivity contribution in [3.63, 3.8) is 0 Å². The van der Waals surface area contributed by atoms with Gasteiger partial charge in [-0.05, 0) is 31.5 Å². The van der Waals surface area contributed by atoms with Crippen molar-refractivity contribution in [3.8, 4) is 0 Å². The van der Waals surface area contributed by atoms with Gasteiger partial charge in [0.15, 0.2) is 0 Å². The van der Waals surface area contributed by atoms with Crippen LogP contribution in [0.1, 0.15) is 38.1 Å². The van der Waals surface area contributed by atoms with E-state index in [1.165, 1.54) is 11.3 Å². The quantitative estimate of drug-likeness (QED) is 0.724. The molecule has 0 saturated heterocycles. The highest BCUT2D eigenvalue weighted by atomic mass is 15.2. The second-order valence-electron chi connectivity index (χ2n) is 4.82. The summed E-state index contributed by atoms with van der Waals surface area (Å²) in [5, 5.41) is 0. The Morgan fingerprint density at radius 3 is 2.86 bits per heavy atom. The lowest BCUT2D eigenvalue weighted by molar-refractivity contribution is 0.128. The van der Waals surface area contributed by atoms with Gasteiger partial charge in [-0.1, -0.05) is 13.8 Å². The molecule has 0 amide bonds. The summed E-state index contributed by atoms with van der Waals surface area (Å²) in [6.45, 7) is 6.91. The van der Waals surface area contributed by atoms with Crippen LogP contribution in [0.5, 0.6) is 0 Å². The number of aromatic nitrogens is 1. The molecule has 0 bridgehead atoms. The maximum atomic E-state index is 3.37. The summed E-state index contributed by atoms with van der Waals surface area (Å²) in [7, 11) is 2.24. The van der Waals surface area contributed by atoms with Crippen molar-refractivity contribution in [2.24, 2.45) is 5.92 Å². The summed E-state index contributed by atoms with van der Waals surface area (Å²) in [4.78, 5) is 5.87. The van der Waals surface area contributed by atoms with Crippen molar-refractivity contribution in [2.45, 2.75) is 39.3 Å². The normalized spacial score (nSPS) is 28.1. The molecule has 2 atom stereocenters. The number of nitrogens with one attached hydrogen (secondary N) is 1. The maximum absolute atomic E-state index is 3.37. The van der Waals surface area contributed by atoms with Crippen LogP contribution in [-0.4, -0.2) is 23.0 Å². The monoisotopic (exact) mass is 192 g/mol. The molecule has 0 radical (unpaired) electrons. The van der Waals surface area contributed by atoms with E-state index in [-0.39, 0.29) is 0 Å². The van der Waals surface area contributed by atoms with Crippen LogP contribution < -0.4 is 0 Å². The fourth-order valence-electron chi connectivity index (χ4n) is 2.63. The highest BCUT2D eigenvalue weighted by molar-refractivity contribution is 5.28. The summed E-state index contributed by atoms with van der Waals surface area (Å²) in [5.41, 5.74) is 2.94. The Balaban J connectivity index is 2.40. The molecule has 1 N–H and O–H groups in total. The summed E-state index contributed by atoms with van der Waals surface area (Å²) >= 11 is 0. The highest BCUT2D eigenvalue weighted by Gasteiger charge is 2.31. The first-order valence-electron chi connectivity index (χ1n) is 5.49. The van der Waals surface area contributed by atoms with Gasteiger partial charge in [-0.3, -0.25) is 4.90 Å². The molecule has 1 aliphatic rings. The number of hydrogen-bond donors (Lipinski definition) is 1. The lowest BCUT2D eigenvalue weighted by Gasteiger charge is -2.40. The molecule has 0 saturated carbocycles. The zero-order chi connectivity index (χ0) is 10.3. The van der Waals surface area contributed by atoms with Crippen molar-refractivity contribution in [1.82, 2.24) is 9.88 Å². The van der Waals surface area contributed by atoms with E-state index >= 15 is 0 Å². The molecule has 0 aliphatic carbocycles. The highest BCUT2D eigenvalue weighted by Crippen LogP contribution is 2.35. The molecule has 14 heavy (non-hydrogen) atoms. The second-order valence-corrected chi connectivity index (χ2v) is 4.82. The molecule has 2 nitrogen and oxygen atoms in total. The van der Waals surface area contributed by atoms with E-state index in [2.05, 4.69) is 50.0 Å². The molecule has 0 spiro atoms. The van der Waals surface area contributed by atoms with Crippen molar-refractivity contribution >= 4 is 0 Å². The number of rotatable bonds is 1. The molecular formula is C12H20N2. The van der Waals surface area contributed by atoms with Gasteiger partial charge in [-0.25, -0.2) is 0 Å². The Morgan fingerprint density at radius 2 is 2.21 bits per heavy atom. The summed E-state index contributed by atoms with van der Waals surface area (Å²) < 4.78 is 0. The SMILES string of the molecule is CC(C)[C@@H]1c2cc[nH]c2C[C@H](C)N1C. The van der Waals surface area contributed by atoms with Crippen LogP contribution in [0.3, 0.4) is 0 Å². The van der Waals surface area contributed by atoms with E-state index in [1.54, 1.807) is 0 Å². The topological polar surface area (TPSA) is 19.0 Å². The molecule has 2 rings (SSSR count). The van der Waals surface area contributed by atoms with Crippen LogP contribution in [0.4, 0.5) is 0 Å². The van der Waals surface area contributed by atoms with Gasteiger partial charge in [-0.2, -0.15) is 0 Å². The van der Waals surface area contributed by atoms with Crippen LogP contribution in [0.25, 0.3) is 0 Å². The predicted octanol–water partition coefficient (Wildman–Crippen LogP) is 2.59.